The van der Waals surface area contributed by atoms with Crippen LogP contribution in [0.15, 0.2) is 18.2 Å². The number of aryl methyl sites for hydroxylation is 2. The van der Waals surface area contributed by atoms with Gasteiger partial charge in [-0.2, -0.15) is 0 Å². The van der Waals surface area contributed by atoms with Gasteiger partial charge in [0.15, 0.2) is 0 Å². The van der Waals surface area contributed by atoms with Gasteiger partial charge in [0.2, 0.25) is 0 Å². The first-order valence-electron chi connectivity index (χ1n) is 5.48. The Morgan fingerprint density at radius 1 is 1.33 bits per heavy atom. The fraction of sp³-hybridized carbons (Fsp3) is 0.385. The van der Waals surface area contributed by atoms with E-state index in [2.05, 4.69) is 44.0 Å². The van der Waals surface area contributed by atoms with Gasteiger partial charge in [0, 0.05) is 22.6 Å². The van der Waals surface area contributed by atoms with Crippen LogP contribution in [0.5, 0.6) is 0 Å². The second-order valence-electron chi connectivity index (χ2n) is 4.23. The van der Waals surface area contributed by atoms with Gasteiger partial charge in [-0.15, -0.1) is 0 Å². The number of aromatic amines is 1. The first-order valence-corrected chi connectivity index (χ1v) is 5.48. The zero-order valence-corrected chi connectivity index (χ0v) is 9.59. The Kier molecular flexibility index (Phi) is 2.53. The van der Waals surface area contributed by atoms with Crippen molar-refractivity contribution >= 4 is 10.9 Å². The second-order valence-corrected chi connectivity index (χ2v) is 4.23. The summed E-state index contributed by atoms with van der Waals surface area (Å²) in [6.45, 7) is 6.33. The lowest BCUT2D eigenvalue weighted by atomic mass is 10.0. The molecule has 0 bridgehead atoms. The number of benzene rings is 1. The molecule has 1 aromatic heterocycles. The Bertz CT molecular complexity index is 482. The van der Waals surface area contributed by atoms with Crippen LogP contribution in [-0.4, -0.2) is 4.98 Å². The van der Waals surface area contributed by atoms with Crippen molar-refractivity contribution in [2.24, 2.45) is 5.73 Å². The monoisotopic (exact) mass is 202 g/mol. The normalized spacial score (nSPS) is 13.3. The Morgan fingerprint density at radius 2 is 2.07 bits per heavy atom. The molecule has 0 saturated heterocycles. The molecular formula is C13H18N2. The van der Waals surface area contributed by atoms with Crippen molar-refractivity contribution in [3.8, 4) is 0 Å². The summed E-state index contributed by atoms with van der Waals surface area (Å²) in [5.74, 6) is 0. The van der Waals surface area contributed by atoms with Crippen LogP contribution in [0.25, 0.3) is 10.9 Å². The molecule has 1 aromatic carbocycles. The largest absolute Gasteiger partial charge is 0.358 e. The Balaban J connectivity index is 2.68. The Hall–Kier alpha value is -1.28. The van der Waals surface area contributed by atoms with Crippen LogP contribution < -0.4 is 5.73 Å². The number of nitrogens with one attached hydrogen (secondary N) is 1. The highest BCUT2D eigenvalue weighted by molar-refractivity contribution is 5.85. The number of H-pyrrole nitrogens is 1. The minimum absolute atomic E-state index is 0.140. The summed E-state index contributed by atoms with van der Waals surface area (Å²) in [4.78, 5) is 3.40. The van der Waals surface area contributed by atoms with Crippen molar-refractivity contribution in [1.29, 1.82) is 0 Å². The van der Waals surface area contributed by atoms with Crippen molar-refractivity contribution in [3.63, 3.8) is 0 Å². The van der Waals surface area contributed by atoms with E-state index in [1.165, 1.54) is 27.7 Å². The number of nitrogens with two attached hydrogens (primary N) is 1. The summed E-state index contributed by atoms with van der Waals surface area (Å²) in [6.07, 6.45) is 0.974. The van der Waals surface area contributed by atoms with Crippen LogP contribution in [-0.2, 0) is 0 Å². The zero-order valence-electron chi connectivity index (χ0n) is 9.59. The van der Waals surface area contributed by atoms with E-state index in [9.17, 15) is 0 Å². The van der Waals surface area contributed by atoms with E-state index in [0.717, 1.165) is 6.42 Å². The molecular weight excluding hydrogens is 184 g/mol. The molecule has 2 nitrogen and oxygen atoms in total. The van der Waals surface area contributed by atoms with Crippen LogP contribution in [0.2, 0.25) is 0 Å². The predicted molar refractivity (Wildman–Crippen MR) is 65.0 cm³/mol. The molecule has 15 heavy (non-hydrogen) atoms. The van der Waals surface area contributed by atoms with Crippen LogP contribution in [0.1, 0.15) is 36.2 Å². The zero-order chi connectivity index (χ0) is 11.0. The minimum Gasteiger partial charge on any atom is -0.358 e. The molecule has 0 aliphatic carbocycles. The summed E-state index contributed by atoms with van der Waals surface area (Å²) in [5, 5.41) is 1.27. The maximum atomic E-state index is 6.12. The second kappa shape index (κ2) is 3.70. The fourth-order valence-corrected chi connectivity index (χ4v) is 2.15. The van der Waals surface area contributed by atoms with Gasteiger partial charge in [0.25, 0.3) is 0 Å². The molecule has 80 valence electrons. The van der Waals surface area contributed by atoms with E-state index < -0.39 is 0 Å². The summed E-state index contributed by atoms with van der Waals surface area (Å²) in [5.41, 5.74) is 11.1. The number of aromatic nitrogens is 1. The third-order valence-corrected chi connectivity index (χ3v) is 3.00. The van der Waals surface area contributed by atoms with Crippen LogP contribution in [0.4, 0.5) is 0 Å². The predicted octanol–water partition coefficient (Wildman–Crippen LogP) is 3.19. The standard InChI is InChI=1S/C13H18N2/c1-4-11(14)13-9(3)15-12-7-8(2)5-6-10(12)13/h5-7,11,15H,4,14H2,1-3H3. The smallest absolute Gasteiger partial charge is 0.0462 e. The van der Waals surface area contributed by atoms with Gasteiger partial charge < -0.3 is 10.7 Å². The Labute approximate surface area is 90.5 Å². The first-order chi connectivity index (χ1) is 7.13. The van der Waals surface area contributed by atoms with Gasteiger partial charge in [-0.25, -0.2) is 0 Å². The molecule has 3 N–H and O–H groups in total. The lowest BCUT2D eigenvalue weighted by Gasteiger charge is -2.09. The summed E-state index contributed by atoms with van der Waals surface area (Å²) >= 11 is 0. The average Bonchev–Trinajstić information content (AvgIpc) is 2.52. The number of fused-ring (bicyclic) bond motifs is 1. The number of hydrogen-bond acceptors (Lipinski definition) is 1. The van der Waals surface area contributed by atoms with E-state index in [-0.39, 0.29) is 6.04 Å². The van der Waals surface area contributed by atoms with Crippen molar-refractivity contribution in [2.45, 2.75) is 33.2 Å². The van der Waals surface area contributed by atoms with E-state index in [4.69, 9.17) is 5.73 Å². The molecule has 2 rings (SSSR count). The third kappa shape index (κ3) is 1.65. The van der Waals surface area contributed by atoms with E-state index in [0.29, 0.717) is 0 Å². The maximum absolute atomic E-state index is 6.12. The van der Waals surface area contributed by atoms with Gasteiger partial charge in [0.05, 0.1) is 0 Å². The first kappa shape index (κ1) is 10.2. The van der Waals surface area contributed by atoms with Crippen LogP contribution >= 0.6 is 0 Å². The minimum atomic E-state index is 0.140. The van der Waals surface area contributed by atoms with E-state index in [1.807, 2.05) is 0 Å². The Morgan fingerprint density at radius 3 is 2.73 bits per heavy atom. The average molecular weight is 202 g/mol. The van der Waals surface area contributed by atoms with Crippen molar-refractivity contribution in [1.82, 2.24) is 4.98 Å². The molecule has 0 radical (unpaired) electrons. The molecule has 0 saturated carbocycles. The highest BCUT2D eigenvalue weighted by atomic mass is 14.7. The van der Waals surface area contributed by atoms with Gasteiger partial charge in [0.1, 0.15) is 0 Å². The molecule has 0 fully saturated rings. The molecule has 2 heteroatoms. The van der Waals surface area contributed by atoms with Crippen molar-refractivity contribution < 1.29 is 0 Å². The van der Waals surface area contributed by atoms with E-state index >= 15 is 0 Å². The van der Waals surface area contributed by atoms with Crippen LogP contribution in [0, 0.1) is 13.8 Å². The highest BCUT2D eigenvalue weighted by Gasteiger charge is 2.13. The maximum Gasteiger partial charge on any atom is 0.0462 e. The van der Waals surface area contributed by atoms with E-state index in [1.54, 1.807) is 0 Å². The molecule has 1 unspecified atom stereocenters. The van der Waals surface area contributed by atoms with Crippen LogP contribution in [0.3, 0.4) is 0 Å². The topological polar surface area (TPSA) is 41.8 Å². The quantitative estimate of drug-likeness (QED) is 0.771. The molecule has 1 heterocycles. The highest BCUT2D eigenvalue weighted by Crippen LogP contribution is 2.28. The number of rotatable bonds is 2. The van der Waals surface area contributed by atoms with Gasteiger partial charge in [-0.05, 0) is 37.5 Å². The molecule has 0 aliphatic heterocycles. The lowest BCUT2D eigenvalue weighted by molar-refractivity contribution is 0.699. The molecule has 2 aromatic rings. The van der Waals surface area contributed by atoms with Gasteiger partial charge >= 0.3 is 0 Å². The summed E-state index contributed by atoms with van der Waals surface area (Å²) in [7, 11) is 0. The summed E-state index contributed by atoms with van der Waals surface area (Å²) in [6, 6.07) is 6.62. The van der Waals surface area contributed by atoms with Crippen molar-refractivity contribution in [2.75, 3.05) is 0 Å². The molecule has 0 spiro atoms. The lowest BCUT2D eigenvalue weighted by Crippen LogP contribution is -2.09. The third-order valence-electron chi connectivity index (χ3n) is 3.00. The summed E-state index contributed by atoms with van der Waals surface area (Å²) < 4.78 is 0. The number of hydrogen-bond donors (Lipinski definition) is 2. The molecule has 0 amide bonds. The molecule has 1 atom stereocenters. The SMILES string of the molecule is CCC(N)c1c(C)[nH]c2cc(C)ccc12. The van der Waals surface area contributed by atoms with Gasteiger partial charge in [-0.3, -0.25) is 0 Å². The fourth-order valence-electron chi connectivity index (χ4n) is 2.15. The molecule has 0 aliphatic rings. The van der Waals surface area contributed by atoms with Gasteiger partial charge in [-0.1, -0.05) is 19.1 Å². The van der Waals surface area contributed by atoms with Crippen molar-refractivity contribution in [3.05, 3.63) is 35.0 Å².